The van der Waals surface area contributed by atoms with Gasteiger partial charge in [0.1, 0.15) is 17.6 Å². The Morgan fingerprint density at radius 2 is 1.89 bits per heavy atom. The number of benzene rings is 2. The summed E-state index contributed by atoms with van der Waals surface area (Å²) in [6.07, 6.45) is 0. The summed E-state index contributed by atoms with van der Waals surface area (Å²) in [7, 11) is 0. The first-order chi connectivity index (χ1) is 8.60. The lowest BCUT2D eigenvalue weighted by Gasteiger charge is -2.08. The van der Waals surface area contributed by atoms with E-state index in [0.29, 0.717) is 31.6 Å². The first-order valence-corrected chi connectivity index (χ1v) is 6.47. The zero-order valence-electron chi connectivity index (χ0n) is 8.95. The van der Waals surface area contributed by atoms with Crippen LogP contribution in [0.4, 0.5) is 0 Å². The van der Waals surface area contributed by atoms with Crippen LogP contribution >= 0.6 is 39.1 Å². The van der Waals surface area contributed by atoms with Crippen molar-refractivity contribution in [1.29, 1.82) is 5.26 Å². The topological polar surface area (TPSA) is 33.0 Å². The van der Waals surface area contributed by atoms with Crippen LogP contribution in [0.3, 0.4) is 0 Å². The zero-order valence-corrected chi connectivity index (χ0v) is 12.1. The molecule has 2 nitrogen and oxygen atoms in total. The molecule has 0 aliphatic rings. The maximum atomic E-state index is 8.82. The van der Waals surface area contributed by atoms with Crippen LogP contribution in [0.1, 0.15) is 5.56 Å². The first kappa shape index (κ1) is 13.2. The van der Waals surface area contributed by atoms with E-state index in [0.717, 1.165) is 0 Å². The molecule has 0 heterocycles. The summed E-state index contributed by atoms with van der Waals surface area (Å²) >= 11 is 15.2. The molecular weight excluding hydrogens is 337 g/mol. The minimum atomic E-state index is 0.472. The monoisotopic (exact) mass is 341 g/mol. The van der Waals surface area contributed by atoms with Crippen LogP contribution in [-0.2, 0) is 0 Å². The van der Waals surface area contributed by atoms with Crippen molar-refractivity contribution in [2.75, 3.05) is 0 Å². The molecule has 0 aromatic heterocycles. The van der Waals surface area contributed by atoms with Gasteiger partial charge in [0.25, 0.3) is 0 Å². The molecule has 0 radical (unpaired) electrons. The molecule has 0 unspecified atom stereocenters. The van der Waals surface area contributed by atoms with Gasteiger partial charge in [-0.1, -0.05) is 23.2 Å². The summed E-state index contributed by atoms with van der Waals surface area (Å²) in [6.45, 7) is 0. The Morgan fingerprint density at radius 1 is 1.11 bits per heavy atom. The van der Waals surface area contributed by atoms with Crippen LogP contribution in [0, 0.1) is 11.3 Å². The molecule has 2 aromatic carbocycles. The quantitative estimate of drug-likeness (QED) is 0.730. The molecular formula is C13H6BrCl2NO. The van der Waals surface area contributed by atoms with E-state index in [4.69, 9.17) is 33.2 Å². The SMILES string of the molecule is N#Cc1ccc(Oc2cc(Cl)ccc2Cl)cc1Br. The van der Waals surface area contributed by atoms with Gasteiger partial charge in [-0.05, 0) is 46.3 Å². The second-order valence-electron chi connectivity index (χ2n) is 3.43. The fourth-order valence-electron chi connectivity index (χ4n) is 1.33. The lowest BCUT2D eigenvalue weighted by atomic mass is 10.2. The number of ether oxygens (including phenoxy) is 1. The van der Waals surface area contributed by atoms with E-state index in [-0.39, 0.29) is 0 Å². The third-order valence-corrected chi connectivity index (χ3v) is 3.39. The van der Waals surface area contributed by atoms with Gasteiger partial charge in [-0.3, -0.25) is 0 Å². The van der Waals surface area contributed by atoms with Crippen molar-refractivity contribution < 1.29 is 4.74 Å². The molecule has 90 valence electrons. The van der Waals surface area contributed by atoms with Crippen molar-refractivity contribution in [3.63, 3.8) is 0 Å². The molecule has 0 bridgehead atoms. The number of nitrogens with zero attached hydrogens (tertiary/aromatic N) is 1. The van der Waals surface area contributed by atoms with Crippen LogP contribution in [0.25, 0.3) is 0 Å². The first-order valence-electron chi connectivity index (χ1n) is 4.92. The Morgan fingerprint density at radius 3 is 2.56 bits per heavy atom. The second kappa shape index (κ2) is 5.62. The Bertz CT molecular complexity index is 637. The molecule has 0 amide bonds. The van der Waals surface area contributed by atoms with Crippen LogP contribution < -0.4 is 4.74 Å². The van der Waals surface area contributed by atoms with Crippen LogP contribution in [-0.4, -0.2) is 0 Å². The second-order valence-corrected chi connectivity index (χ2v) is 5.13. The molecule has 2 rings (SSSR count). The minimum Gasteiger partial charge on any atom is -0.456 e. The molecule has 0 fully saturated rings. The van der Waals surface area contributed by atoms with Crippen LogP contribution in [0.5, 0.6) is 11.5 Å². The number of rotatable bonds is 2. The lowest BCUT2D eigenvalue weighted by molar-refractivity contribution is 0.482. The van der Waals surface area contributed by atoms with Gasteiger partial charge in [0.05, 0.1) is 10.6 Å². The van der Waals surface area contributed by atoms with Crippen LogP contribution in [0.2, 0.25) is 10.0 Å². The average molecular weight is 343 g/mol. The van der Waals surface area contributed by atoms with E-state index in [9.17, 15) is 0 Å². The maximum Gasteiger partial charge on any atom is 0.147 e. The van der Waals surface area contributed by atoms with E-state index in [1.54, 1.807) is 36.4 Å². The predicted molar refractivity (Wildman–Crippen MR) is 75.4 cm³/mol. The van der Waals surface area contributed by atoms with Crippen molar-refractivity contribution in [1.82, 2.24) is 0 Å². The molecule has 0 N–H and O–H groups in total. The fourth-order valence-corrected chi connectivity index (χ4v) is 2.10. The predicted octanol–water partition coefficient (Wildman–Crippen LogP) is 5.42. The van der Waals surface area contributed by atoms with Gasteiger partial charge < -0.3 is 4.74 Å². The van der Waals surface area contributed by atoms with Gasteiger partial charge in [-0.15, -0.1) is 0 Å². The highest BCUT2D eigenvalue weighted by Crippen LogP contribution is 2.33. The van der Waals surface area contributed by atoms with Crippen molar-refractivity contribution in [2.45, 2.75) is 0 Å². The molecule has 0 aliphatic heterocycles. The third kappa shape index (κ3) is 2.97. The number of hydrogen-bond donors (Lipinski definition) is 0. The molecule has 0 saturated heterocycles. The molecule has 2 aromatic rings. The highest BCUT2D eigenvalue weighted by atomic mass is 79.9. The fraction of sp³-hybridized carbons (Fsp3) is 0. The molecule has 0 spiro atoms. The largest absolute Gasteiger partial charge is 0.456 e. The molecule has 5 heteroatoms. The van der Waals surface area contributed by atoms with Crippen molar-refractivity contribution in [3.05, 3.63) is 56.5 Å². The Labute approximate surface area is 123 Å². The van der Waals surface area contributed by atoms with Gasteiger partial charge in [0.2, 0.25) is 0 Å². The highest BCUT2D eigenvalue weighted by Gasteiger charge is 2.06. The van der Waals surface area contributed by atoms with E-state index in [1.807, 2.05) is 0 Å². The van der Waals surface area contributed by atoms with Crippen LogP contribution in [0.15, 0.2) is 40.9 Å². The molecule has 0 aliphatic carbocycles. The van der Waals surface area contributed by atoms with Gasteiger partial charge >= 0.3 is 0 Å². The third-order valence-electron chi connectivity index (χ3n) is 2.18. The van der Waals surface area contributed by atoms with Gasteiger partial charge in [0, 0.05) is 15.6 Å². The summed E-state index contributed by atoms with van der Waals surface area (Å²) in [5.41, 5.74) is 0.541. The van der Waals surface area contributed by atoms with E-state index < -0.39 is 0 Å². The molecule has 18 heavy (non-hydrogen) atoms. The van der Waals surface area contributed by atoms with E-state index >= 15 is 0 Å². The van der Waals surface area contributed by atoms with Gasteiger partial charge in [0.15, 0.2) is 0 Å². The normalized spacial score (nSPS) is 9.89. The van der Waals surface area contributed by atoms with E-state index in [1.165, 1.54) is 0 Å². The summed E-state index contributed by atoms with van der Waals surface area (Å²) in [4.78, 5) is 0. The number of halogens is 3. The Kier molecular flexibility index (Phi) is 4.13. The van der Waals surface area contributed by atoms with Crippen molar-refractivity contribution in [2.24, 2.45) is 0 Å². The summed E-state index contributed by atoms with van der Waals surface area (Å²) in [6, 6.07) is 12.1. The molecule has 0 atom stereocenters. The summed E-state index contributed by atoms with van der Waals surface area (Å²) < 4.78 is 6.28. The van der Waals surface area contributed by atoms with E-state index in [2.05, 4.69) is 22.0 Å². The standard InChI is InChI=1S/C13H6BrCl2NO/c14-11-6-10(3-1-8(11)7-17)18-13-5-9(15)2-4-12(13)16/h1-6H. The average Bonchev–Trinajstić information content (AvgIpc) is 2.34. The summed E-state index contributed by atoms with van der Waals surface area (Å²) in [5.74, 6) is 1.05. The highest BCUT2D eigenvalue weighted by molar-refractivity contribution is 9.10. The smallest absolute Gasteiger partial charge is 0.147 e. The van der Waals surface area contributed by atoms with Crippen molar-refractivity contribution >= 4 is 39.1 Å². The van der Waals surface area contributed by atoms with Gasteiger partial charge in [-0.2, -0.15) is 5.26 Å². The zero-order chi connectivity index (χ0) is 13.1. The van der Waals surface area contributed by atoms with Gasteiger partial charge in [-0.25, -0.2) is 0 Å². The number of nitriles is 1. The molecule has 0 saturated carbocycles. The lowest BCUT2D eigenvalue weighted by Crippen LogP contribution is -1.87. The summed E-state index contributed by atoms with van der Waals surface area (Å²) in [5, 5.41) is 9.84. The minimum absolute atomic E-state index is 0.472. The number of hydrogen-bond acceptors (Lipinski definition) is 2. The maximum absolute atomic E-state index is 8.82. The Balaban J connectivity index is 2.32. The van der Waals surface area contributed by atoms with Crippen molar-refractivity contribution in [3.8, 4) is 17.6 Å². The Hall–Kier alpha value is -1.21.